The largest absolute Gasteiger partial charge is 0.462 e. The standard InChI is InChI=1S/C37H50O5/c1-8-9-10-11-28-12-14-29(15-13-28)30-16-18-31(19-17-30)34-21-20-32(22-26(34)4)33(23-41-35(38)25(2)3)24-42-36(39)27(5)37(6,7)40/h16-22,28-29,33,40H,2,5,8-15,23-24H2,1,3-4,6-7H3. The lowest BCUT2D eigenvalue weighted by molar-refractivity contribution is -0.143. The van der Waals surface area contributed by atoms with Crippen LogP contribution in [0.1, 0.15) is 108 Å². The second kappa shape index (κ2) is 15.3. The third-order valence-electron chi connectivity index (χ3n) is 8.64. The highest BCUT2D eigenvalue weighted by Gasteiger charge is 2.27. The van der Waals surface area contributed by atoms with Crippen LogP contribution in [-0.2, 0) is 19.1 Å². The van der Waals surface area contributed by atoms with Gasteiger partial charge in [0.25, 0.3) is 0 Å². The van der Waals surface area contributed by atoms with Crippen LogP contribution in [-0.4, -0.2) is 35.9 Å². The molecular weight excluding hydrogens is 524 g/mol. The van der Waals surface area contributed by atoms with Crippen LogP contribution in [0, 0.1) is 12.8 Å². The monoisotopic (exact) mass is 574 g/mol. The third-order valence-corrected chi connectivity index (χ3v) is 8.64. The maximum absolute atomic E-state index is 12.5. The van der Waals surface area contributed by atoms with Crippen molar-refractivity contribution in [3.8, 4) is 11.1 Å². The second-order valence-corrected chi connectivity index (χ2v) is 12.6. The molecule has 1 aliphatic rings. The Hall–Kier alpha value is -3.18. The van der Waals surface area contributed by atoms with E-state index in [-0.39, 0.29) is 24.7 Å². The van der Waals surface area contributed by atoms with Crippen molar-refractivity contribution in [2.45, 2.75) is 103 Å². The number of esters is 2. The van der Waals surface area contributed by atoms with Gasteiger partial charge in [0.1, 0.15) is 13.2 Å². The molecule has 5 heteroatoms. The fourth-order valence-corrected chi connectivity index (χ4v) is 5.72. The highest BCUT2D eigenvalue weighted by Crippen LogP contribution is 2.38. The fraction of sp³-hybridized carbons (Fsp3) is 0.514. The molecule has 0 heterocycles. The molecule has 0 spiro atoms. The minimum atomic E-state index is -1.39. The summed E-state index contributed by atoms with van der Waals surface area (Å²) in [6.07, 6.45) is 10.7. The smallest absolute Gasteiger partial charge is 0.336 e. The lowest BCUT2D eigenvalue weighted by atomic mass is 9.77. The van der Waals surface area contributed by atoms with Gasteiger partial charge in [-0.2, -0.15) is 0 Å². The van der Waals surface area contributed by atoms with Gasteiger partial charge >= 0.3 is 11.9 Å². The predicted octanol–water partition coefficient (Wildman–Crippen LogP) is 8.59. The van der Waals surface area contributed by atoms with Gasteiger partial charge in [-0.25, -0.2) is 9.59 Å². The Balaban J connectivity index is 1.70. The number of aryl methyl sites for hydroxylation is 1. The number of rotatable bonds is 14. The van der Waals surface area contributed by atoms with E-state index < -0.39 is 17.5 Å². The van der Waals surface area contributed by atoms with Crippen LogP contribution in [0.5, 0.6) is 0 Å². The number of unbranched alkanes of at least 4 members (excludes halogenated alkanes) is 2. The van der Waals surface area contributed by atoms with Crippen molar-refractivity contribution in [2.75, 3.05) is 13.2 Å². The average Bonchev–Trinajstić information content (AvgIpc) is 2.96. The molecule has 0 aromatic heterocycles. The Bertz CT molecular complexity index is 1230. The Morgan fingerprint density at radius 2 is 1.57 bits per heavy atom. The molecule has 0 amide bonds. The van der Waals surface area contributed by atoms with Crippen molar-refractivity contribution in [1.29, 1.82) is 0 Å². The minimum Gasteiger partial charge on any atom is -0.462 e. The van der Waals surface area contributed by atoms with E-state index in [9.17, 15) is 14.7 Å². The molecule has 1 unspecified atom stereocenters. The molecule has 1 saturated carbocycles. The summed E-state index contributed by atoms with van der Waals surface area (Å²) >= 11 is 0. The van der Waals surface area contributed by atoms with E-state index >= 15 is 0 Å². The summed E-state index contributed by atoms with van der Waals surface area (Å²) in [7, 11) is 0. The molecule has 2 aromatic carbocycles. The maximum Gasteiger partial charge on any atom is 0.336 e. The summed E-state index contributed by atoms with van der Waals surface area (Å²) in [6, 6.07) is 15.2. The van der Waals surface area contributed by atoms with Crippen LogP contribution in [0.15, 0.2) is 66.8 Å². The van der Waals surface area contributed by atoms with Crippen LogP contribution >= 0.6 is 0 Å². The molecule has 0 aliphatic heterocycles. The SMILES string of the molecule is C=C(C)C(=O)OCC(COC(=O)C(=C)C(C)(C)O)c1ccc(-c2ccc(C3CCC(CCCCC)CC3)cc2)c(C)c1. The van der Waals surface area contributed by atoms with Gasteiger partial charge in [-0.3, -0.25) is 0 Å². The van der Waals surface area contributed by atoms with E-state index in [1.54, 1.807) is 6.92 Å². The average molecular weight is 575 g/mol. The Morgan fingerprint density at radius 3 is 2.12 bits per heavy atom. The maximum atomic E-state index is 12.5. The Morgan fingerprint density at radius 1 is 0.952 bits per heavy atom. The van der Waals surface area contributed by atoms with E-state index in [0.29, 0.717) is 11.5 Å². The van der Waals surface area contributed by atoms with Gasteiger partial charge in [0, 0.05) is 5.57 Å². The number of hydrogen-bond acceptors (Lipinski definition) is 5. The lowest BCUT2D eigenvalue weighted by Crippen LogP contribution is -2.29. The van der Waals surface area contributed by atoms with Crippen LogP contribution in [0.25, 0.3) is 11.1 Å². The van der Waals surface area contributed by atoms with E-state index in [2.05, 4.69) is 63.4 Å². The molecule has 1 atom stereocenters. The molecule has 0 radical (unpaired) electrons. The molecule has 42 heavy (non-hydrogen) atoms. The normalized spacial score (nSPS) is 17.8. The van der Waals surface area contributed by atoms with E-state index in [4.69, 9.17) is 9.47 Å². The van der Waals surface area contributed by atoms with Crippen LogP contribution in [0.4, 0.5) is 0 Å². The fourth-order valence-electron chi connectivity index (χ4n) is 5.72. The third kappa shape index (κ3) is 9.42. The number of hydrogen-bond donors (Lipinski definition) is 1. The zero-order valence-corrected chi connectivity index (χ0v) is 26.3. The summed E-state index contributed by atoms with van der Waals surface area (Å²) in [4.78, 5) is 24.6. The number of benzene rings is 2. The Labute approximate surface area is 253 Å². The van der Waals surface area contributed by atoms with Gasteiger partial charge in [-0.1, -0.05) is 88.2 Å². The predicted molar refractivity (Wildman–Crippen MR) is 170 cm³/mol. The first-order chi connectivity index (χ1) is 19.9. The van der Waals surface area contributed by atoms with Gasteiger partial charge in [0.2, 0.25) is 0 Å². The van der Waals surface area contributed by atoms with E-state index in [0.717, 1.165) is 28.2 Å². The van der Waals surface area contributed by atoms with E-state index in [1.807, 2.05) is 6.07 Å². The van der Waals surface area contributed by atoms with Gasteiger partial charge in [-0.15, -0.1) is 0 Å². The number of carbonyl (C=O) groups is 2. The van der Waals surface area contributed by atoms with Crippen molar-refractivity contribution >= 4 is 11.9 Å². The molecule has 1 fully saturated rings. The van der Waals surface area contributed by atoms with Gasteiger partial charge < -0.3 is 14.6 Å². The first kappa shape index (κ1) is 33.3. The number of carbonyl (C=O) groups excluding carboxylic acids is 2. The minimum absolute atomic E-state index is 0.0221. The summed E-state index contributed by atoms with van der Waals surface area (Å²) in [5, 5.41) is 10.1. The summed E-state index contributed by atoms with van der Waals surface area (Å²) in [5.74, 6) is -0.00470. The van der Waals surface area contributed by atoms with Gasteiger partial charge in [0.15, 0.2) is 0 Å². The summed E-state index contributed by atoms with van der Waals surface area (Å²) < 4.78 is 10.9. The van der Waals surface area contributed by atoms with E-state index in [1.165, 1.54) is 70.8 Å². The summed E-state index contributed by atoms with van der Waals surface area (Å²) in [6.45, 7) is 16.2. The molecule has 228 valence electrons. The lowest BCUT2D eigenvalue weighted by Gasteiger charge is -2.29. The Kier molecular flexibility index (Phi) is 12.2. The van der Waals surface area contributed by atoms with Crippen LogP contribution in [0.2, 0.25) is 0 Å². The topological polar surface area (TPSA) is 72.8 Å². The quantitative estimate of drug-likeness (QED) is 0.139. The first-order valence-electron chi connectivity index (χ1n) is 15.5. The molecule has 2 aromatic rings. The van der Waals surface area contributed by atoms with Crippen molar-refractivity contribution in [3.05, 3.63) is 83.5 Å². The highest BCUT2D eigenvalue weighted by molar-refractivity contribution is 5.89. The highest BCUT2D eigenvalue weighted by atomic mass is 16.5. The molecule has 5 nitrogen and oxygen atoms in total. The van der Waals surface area contributed by atoms with Crippen molar-refractivity contribution in [1.82, 2.24) is 0 Å². The van der Waals surface area contributed by atoms with Crippen molar-refractivity contribution in [2.24, 2.45) is 5.92 Å². The molecular formula is C37H50O5. The molecule has 3 rings (SSSR count). The molecule has 1 N–H and O–H groups in total. The second-order valence-electron chi connectivity index (χ2n) is 12.6. The molecule has 1 aliphatic carbocycles. The number of aliphatic hydroxyl groups is 1. The van der Waals surface area contributed by atoms with Crippen LogP contribution < -0.4 is 0 Å². The molecule has 0 saturated heterocycles. The zero-order valence-electron chi connectivity index (χ0n) is 26.3. The molecule has 0 bridgehead atoms. The van der Waals surface area contributed by atoms with Crippen molar-refractivity contribution in [3.63, 3.8) is 0 Å². The van der Waals surface area contributed by atoms with Crippen molar-refractivity contribution < 1.29 is 24.2 Å². The van der Waals surface area contributed by atoms with Gasteiger partial charge in [0.05, 0.1) is 17.1 Å². The zero-order chi connectivity index (χ0) is 30.9. The first-order valence-corrected chi connectivity index (χ1v) is 15.5. The summed E-state index contributed by atoms with van der Waals surface area (Å²) in [5.41, 5.74) is 4.58. The van der Waals surface area contributed by atoms with Gasteiger partial charge in [-0.05, 0) is 93.0 Å². The number of ether oxygens (including phenoxy) is 2. The van der Waals surface area contributed by atoms with Crippen LogP contribution in [0.3, 0.4) is 0 Å².